The number of carbonyl (C=O) groups is 1. The Labute approximate surface area is 142 Å². The number of carbonyl (C=O) groups excluding carboxylic acids is 1. The number of piperidine rings is 1. The molecular weight excluding hydrogens is 310 g/mol. The summed E-state index contributed by atoms with van der Waals surface area (Å²) in [6, 6.07) is 4.62. The molecular formula is C17H27N3O2S. The molecule has 0 aromatic carbocycles. The van der Waals surface area contributed by atoms with Crippen LogP contribution in [0.1, 0.15) is 33.1 Å². The first-order valence-corrected chi connectivity index (χ1v) is 9.45. The van der Waals surface area contributed by atoms with Crippen molar-refractivity contribution in [3.8, 4) is 0 Å². The Morgan fingerprint density at radius 2 is 2.22 bits per heavy atom. The number of hydrogen-bond acceptors (Lipinski definition) is 4. The number of nitrogens with one attached hydrogen (secondary N) is 1. The maximum atomic E-state index is 12.5. The van der Waals surface area contributed by atoms with E-state index in [4.69, 9.17) is 4.74 Å². The van der Waals surface area contributed by atoms with Gasteiger partial charge >= 0.3 is 6.03 Å². The van der Waals surface area contributed by atoms with E-state index < -0.39 is 0 Å². The second-order valence-electron chi connectivity index (χ2n) is 6.74. The van der Waals surface area contributed by atoms with Gasteiger partial charge in [0.2, 0.25) is 0 Å². The molecule has 2 saturated heterocycles. The van der Waals surface area contributed by atoms with Crippen molar-refractivity contribution >= 4 is 22.4 Å². The average Bonchev–Trinajstić information content (AvgIpc) is 3.10. The number of rotatable bonds is 3. The zero-order valence-corrected chi connectivity index (χ0v) is 14.9. The number of urea groups is 1. The van der Waals surface area contributed by atoms with Gasteiger partial charge in [-0.3, -0.25) is 0 Å². The largest absolute Gasteiger partial charge is 0.372 e. The van der Waals surface area contributed by atoms with Crippen LogP contribution in [0.15, 0.2) is 17.5 Å². The number of nitrogens with zero attached hydrogens (tertiary/aromatic N) is 2. The highest BCUT2D eigenvalue weighted by atomic mass is 32.1. The third-order valence-corrected chi connectivity index (χ3v) is 5.94. The summed E-state index contributed by atoms with van der Waals surface area (Å²) in [5.41, 5.74) is -0.196. The summed E-state index contributed by atoms with van der Waals surface area (Å²) in [6.45, 7) is 8.24. The smallest absolute Gasteiger partial charge is 0.317 e. The van der Waals surface area contributed by atoms with Crippen molar-refractivity contribution in [3.63, 3.8) is 0 Å². The molecule has 0 unspecified atom stereocenters. The Kier molecular flexibility index (Phi) is 5.11. The molecule has 3 heterocycles. The van der Waals surface area contributed by atoms with Crippen molar-refractivity contribution in [1.82, 2.24) is 10.2 Å². The molecule has 5 nitrogen and oxygen atoms in total. The lowest BCUT2D eigenvalue weighted by Crippen LogP contribution is -2.56. The predicted octanol–water partition coefficient (Wildman–Crippen LogP) is 2.93. The summed E-state index contributed by atoms with van der Waals surface area (Å²) in [7, 11) is 0. The Hall–Kier alpha value is -1.27. The molecule has 1 aromatic heterocycles. The van der Waals surface area contributed by atoms with E-state index in [1.165, 1.54) is 5.00 Å². The first-order chi connectivity index (χ1) is 11.1. The lowest BCUT2D eigenvalue weighted by atomic mass is 10.0. The Balaban J connectivity index is 1.47. The second kappa shape index (κ2) is 7.09. The van der Waals surface area contributed by atoms with E-state index in [1.54, 1.807) is 11.3 Å². The van der Waals surface area contributed by atoms with Crippen molar-refractivity contribution in [3.05, 3.63) is 17.5 Å². The first-order valence-electron chi connectivity index (χ1n) is 8.57. The minimum absolute atomic E-state index is 0.0718. The van der Waals surface area contributed by atoms with Gasteiger partial charge in [-0.1, -0.05) is 6.92 Å². The second-order valence-corrected chi connectivity index (χ2v) is 7.66. The van der Waals surface area contributed by atoms with E-state index in [0.29, 0.717) is 19.7 Å². The van der Waals surface area contributed by atoms with Crippen molar-refractivity contribution in [2.75, 3.05) is 37.7 Å². The van der Waals surface area contributed by atoms with Gasteiger partial charge < -0.3 is 19.9 Å². The Morgan fingerprint density at radius 3 is 2.87 bits per heavy atom. The molecule has 3 rings (SSSR count). The fourth-order valence-electron chi connectivity index (χ4n) is 3.28. The molecule has 2 amide bonds. The van der Waals surface area contributed by atoms with Gasteiger partial charge in [0.25, 0.3) is 0 Å². The molecule has 2 fully saturated rings. The maximum absolute atomic E-state index is 12.5. The van der Waals surface area contributed by atoms with Gasteiger partial charge in [0.05, 0.1) is 23.8 Å². The van der Waals surface area contributed by atoms with Crippen LogP contribution in [0.5, 0.6) is 0 Å². The van der Waals surface area contributed by atoms with E-state index in [-0.39, 0.29) is 17.7 Å². The van der Waals surface area contributed by atoms with Gasteiger partial charge in [0.15, 0.2) is 0 Å². The topological polar surface area (TPSA) is 44.8 Å². The summed E-state index contributed by atoms with van der Waals surface area (Å²) in [5, 5.41) is 6.68. The number of amides is 2. The SMILES string of the molecule is CC[C@@]1(C)CN(C(=O)NC2CCN(c3cccs3)CC2)CCO1. The van der Waals surface area contributed by atoms with Crippen LogP contribution in [0.4, 0.5) is 9.80 Å². The minimum Gasteiger partial charge on any atom is -0.372 e. The van der Waals surface area contributed by atoms with Gasteiger partial charge in [-0.25, -0.2) is 4.79 Å². The van der Waals surface area contributed by atoms with Gasteiger partial charge in [-0.2, -0.15) is 0 Å². The average molecular weight is 337 g/mol. The van der Waals surface area contributed by atoms with Crippen molar-refractivity contribution in [2.45, 2.75) is 44.8 Å². The third-order valence-electron chi connectivity index (χ3n) is 5.01. The molecule has 1 aromatic rings. The molecule has 0 saturated carbocycles. The highest BCUT2D eigenvalue weighted by Crippen LogP contribution is 2.25. The summed E-state index contributed by atoms with van der Waals surface area (Å²) < 4.78 is 5.81. The number of morpholine rings is 1. The van der Waals surface area contributed by atoms with Crippen LogP contribution >= 0.6 is 11.3 Å². The number of anilines is 1. The molecule has 0 aliphatic carbocycles. The number of hydrogen-bond donors (Lipinski definition) is 1. The van der Waals surface area contributed by atoms with E-state index in [1.807, 2.05) is 4.90 Å². The monoisotopic (exact) mass is 337 g/mol. The van der Waals surface area contributed by atoms with E-state index in [2.05, 4.69) is 41.6 Å². The lowest BCUT2D eigenvalue weighted by Gasteiger charge is -2.41. The molecule has 2 aliphatic heterocycles. The van der Waals surface area contributed by atoms with Crippen LogP contribution in [0.25, 0.3) is 0 Å². The van der Waals surface area contributed by atoms with Gasteiger partial charge in [-0.05, 0) is 43.7 Å². The van der Waals surface area contributed by atoms with Crippen LogP contribution in [0.2, 0.25) is 0 Å². The molecule has 0 bridgehead atoms. The Bertz CT molecular complexity index is 514. The van der Waals surface area contributed by atoms with Crippen molar-refractivity contribution < 1.29 is 9.53 Å². The Morgan fingerprint density at radius 1 is 1.43 bits per heavy atom. The van der Waals surface area contributed by atoms with Crippen LogP contribution in [-0.4, -0.2) is 55.4 Å². The van der Waals surface area contributed by atoms with Crippen molar-refractivity contribution in [2.24, 2.45) is 0 Å². The molecule has 23 heavy (non-hydrogen) atoms. The summed E-state index contributed by atoms with van der Waals surface area (Å²) in [6.07, 6.45) is 2.95. The summed E-state index contributed by atoms with van der Waals surface area (Å²) >= 11 is 1.79. The molecule has 1 atom stereocenters. The van der Waals surface area contributed by atoms with E-state index in [0.717, 1.165) is 32.4 Å². The highest BCUT2D eigenvalue weighted by Gasteiger charge is 2.33. The summed E-state index contributed by atoms with van der Waals surface area (Å²) in [5.74, 6) is 0. The standard InChI is InChI=1S/C17H27N3O2S/c1-3-17(2)13-20(10-11-22-17)16(21)18-14-6-8-19(9-7-14)15-5-4-12-23-15/h4-5,12,14H,3,6-11,13H2,1-2H3,(H,18,21)/t17-/m0/s1. The van der Waals surface area contributed by atoms with E-state index in [9.17, 15) is 4.79 Å². The fraction of sp³-hybridized carbons (Fsp3) is 0.706. The highest BCUT2D eigenvalue weighted by molar-refractivity contribution is 7.14. The number of thiophene rings is 1. The molecule has 0 radical (unpaired) electrons. The van der Waals surface area contributed by atoms with Crippen LogP contribution < -0.4 is 10.2 Å². The van der Waals surface area contributed by atoms with Crippen LogP contribution in [0.3, 0.4) is 0 Å². The molecule has 0 spiro atoms. The van der Waals surface area contributed by atoms with E-state index >= 15 is 0 Å². The van der Waals surface area contributed by atoms with Crippen LogP contribution in [0, 0.1) is 0 Å². The summed E-state index contributed by atoms with van der Waals surface area (Å²) in [4.78, 5) is 16.9. The van der Waals surface area contributed by atoms with Crippen LogP contribution in [-0.2, 0) is 4.74 Å². The maximum Gasteiger partial charge on any atom is 0.317 e. The zero-order valence-electron chi connectivity index (χ0n) is 14.1. The minimum atomic E-state index is -0.196. The van der Waals surface area contributed by atoms with Gasteiger partial charge in [0.1, 0.15) is 0 Å². The zero-order chi connectivity index (χ0) is 16.3. The quantitative estimate of drug-likeness (QED) is 0.922. The van der Waals surface area contributed by atoms with Gasteiger partial charge in [-0.15, -0.1) is 11.3 Å². The molecule has 1 N–H and O–H groups in total. The molecule has 2 aliphatic rings. The first kappa shape index (κ1) is 16.6. The predicted molar refractivity (Wildman–Crippen MR) is 94.3 cm³/mol. The van der Waals surface area contributed by atoms with Crippen molar-refractivity contribution in [1.29, 1.82) is 0 Å². The lowest BCUT2D eigenvalue weighted by molar-refractivity contribution is -0.0874. The molecule has 128 valence electrons. The fourth-order valence-corrected chi connectivity index (χ4v) is 4.06. The number of ether oxygens (including phenoxy) is 1. The third kappa shape index (κ3) is 3.98. The van der Waals surface area contributed by atoms with Gasteiger partial charge in [0, 0.05) is 25.7 Å². The normalized spacial score (nSPS) is 26.3. The molecule has 6 heteroatoms.